The van der Waals surface area contributed by atoms with Gasteiger partial charge in [0, 0.05) is 12.6 Å². The second-order valence-electron chi connectivity index (χ2n) is 8.39. The highest BCUT2D eigenvalue weighted by atomic mass is 15.0. The molecule has 0 heterocycles. The average Bonchev–Trinajstić information content (AvgIpc) is 2.66. The molecule has 3 fully saturated rings. The van der Waals surface area contributed by atoms with Crippen LogP contribution in [0.4, 0.5) is 0 Å². The number of nitrogens with one attached hydrogen (secondary N) is 1. The van der Waals surface area contributed by atoms with Crippen molar-refractivity contribution >= 4 is 0 Å². The van der Waals surface area contributed by atoms with Gasteiger partial charge in [-0.25, -0.2) is 0 Å². The van der Waals surface area contributed by atoms with Gasteiger partial charge < -0.3 is 5.32 Å². The van der Waals surface area contributed by atoms with Crippen molar-refractivity contribution in [3.05, 3.63) is 0 Å². The van der Waals surface area contributed by atoms with Crippen molar-refractivity contribution in [1.29, 1.82) is 0 Å². The molecule has 3 atom stereocenters. The molecular weight excluding hydrogens is 206 g/mol. The van der Waals surface area contributed by atoms with Crippen molar-refractivity contribution in [1.82, 2.24) is 5.32 Å². The van der Waals surface area contributed by atoms with E-state index in [0.717, 1.165) is 12.0 Å². The van der Waals surface area contributed by atoms with Crippen LogP contribution in [0.2, 0.25) is 0 Å². The van der Waals surface area contributed by atoms with Gasteiger partial charge in [-0.3, -0.25) is 0 Å². The van der Waals surface area contributed by atoms with E-state index >= 15 is 0 Å². The number of hydrogen-bond donors (Lipinski definition) is 1. The minimum Gasteiger partial charge on any atom is -0.312 e. The zero-order valence-corrected chi connectivity index (χ0v) is 12.1. The molecule has 0 spiro atoms. The second-order valence-corrected chi connectivity index (χ2v) is 8.39. The zero-order chi connectivity index (χ0) is 12.3. The predicted octanol–water partition coefficient (Wildman–Crippen LogP) is 3.98. The Bertz CT molecular complexity index is 311. The summed E-state index contributed by atoms with van der Waals surface area (Å²) in [4.78, 5) is 0. The molecular formula is C16H29N. The lowest BCUT2D eigenvalue weighted by Crippen LogP contribution is -2.53. The van der Waals surface area contributed by atoms with Crippen LogP contribution < -0.4 is 5.32 Å². The van der Waals surface area contributed by atoms with Crippen LogP contribution in [-0.4, -0.2) is 12.6 Å². The summed E-state index contributed by atoms with van der Waals surface area (Å²) in [7, 11) is 0. The molecule has 0 radical (unpaired) electrons. The van der Waals surface area contributed by atoms with Gasteiger partial charge in [0.15, 0.2) is 0 Å². The van der Waals surface area contributed by atoms with Gasteiger partial charge in [-0.05, 0) is 54.3 Å². The molecule has 1 N–H and O–H groups in total. The molecule has 0 aromatic heterocycles. The largest absolute Gasteiger partial charge is 0.312 e. The highest BCUT2D eigenvalue weighted by molar-refractivity contribution is 5.12. The minimum atomic E-state index is 0.521. The lowest BCUT2D eigenvalue weighted by atomic mass is 9.66. The van der Waals surface area contributed by atoms with Crippen LogP contribution in [0.3, 0.4) is 0 Å². The molecule has 0 aromatic carbocycles. The maximum atomic E-state index is 3.99. The van der Waals surface area contributed by atoms with Gasteiger partial charge in [-0.15, -0.1) is 0 Å². The Hall–Kier alpha value is -0.0400. The fourth-order valence-electron chi connectivity index (χ4n) is 5.12. The van der Waals surface area contributed by atoms with Crippen LogP contribution in [-0.2, 0) is 0 Å². The molecule has 3 aliphatic rings. The molecule has 0 aromatic rings. The first-order chi connectivity index (χ1) is 7.86. The van der Waals surface area contributed by atoms with Gasteiger partial charge in [0.2, 0.25) is 0 Å². The summed E-state index contributed by atoms with van der Waals surface area (Å²) in [5, 5.41) is 3.99. The summed E-state index contributed by atoms with van der Waals surface area (Å²) < 4.78 is 0. The maximum Gasteiger partial charge on any atom is 0.0175 e. The fraction of sp³-hybridized carbons (Fsp3) is 1.00. The van der Waals surface area contributed by atoms with Gasteiger partial charge in [0.25, 0.3) is 0 Å². The molecule has 1 heteroatoms. The SMILES string of the molecule is CC1(CNC2C(C)(C)[C@H]3CC[C@]2(C)C3)CCC1. The number of rotatable bonds is 3. The lowest BCUT2D eigenvalue weighted by Gasteiger charge is -2.47. The van der Waals surface area contributed by atoms with E-state index in [9.17, 15) is 0 Å². The van der Waals surface area contributed by atoms with Crippen LogP contribution >= 0.6 is 0 Å². The van der Waals surface area contributed by atoms with Crippen molar-refractivity contribution in [3.8, 4) is 0 Å². The third-order valence-electron chi connectivity index (χ3n) is 6.56. The molecule has 3 aliphatic carbocycles. The second kappa shape index (κ2) is 3.50. The van der Waals surface area contributed by atoms with Gasteiger partial charge in [0.1, 0.15) is 0 Å². The fourth-order valence-corrected chi connectivity index (χ4v) is 5.12. The number of fused-ring (bicyclic) bond motifs is 2. The summed E-state index contributed by atoms with van der Waals surface area (Å²) in [6.45, 7) is 11.3. The van der Waals surface area contributed by atoms with E-state index < -0.39 is 0 Å². The molecule has 0 aliphatic heterocycles. The van der Waals surface area contributed by atoms with E-state index in [1.807, 2.05) is 0 Å². The summed E-state index contributed by atoms with van der Waals surface area (Å²) in [6.07, 6.45) is 8.72. The van der Waals surface area contributed by atoms with E-state index in [-0.39, 0.29) is 0 Å². The summed E-state index contributed by atoms with van der Waals surface area (Å²) >= 11 is 0. The van der Waals surface area contributed by atoms with E-state index in [0.29, 0.717) is 16.2 Å². The standard InChI is InChI=1S/C16H29N/c1-14(2)12-6-9-16(4,10-12)13(14)17-11-15(3)7-5-8-15/h12-13,17H,5-11H2,1-4H3/t12-,13?,16+/m0/s1. The molecule has 0 saturated heterocycles. The highest BCUT2D eigenvalue weighted by Crippen LogP contribution is 2.62. The quantitative estimate of drug-likeness (QED) is 0.780. The average molecular weight is 235 g/mol. The molecule has 1 unspecified atom stereocenters. The summed E-state index contributed by atoms with van der Waals surface area (Å²) in [6, 6.07) is 0.756. The lowest BCUT2D eigenvalue weighted by molar-refractivity contribution is 0.0766. The Balaban J connectivity index is 1.69. The minimum absolute atomic E-state index is 0.521. The summed E-state index contributed by atoms with van der Waals surface area (Å²) in [5.41, 5.74) is 1.73. The van der Waals surface area contributed by atoms with Crippen LogP contribution in [0, 0.1) is 22.2 Å². The van der Waals surface area contributed by atoms with Gasteiger partial charge in [-0.2, -0.15) is 0 Å². The molecule has 1 nitrogen and oxygen atoms in total. The van der Waals surface area contributed by atoms with Crippen LogP contribution in [0.1, 0.15) is 66.2 Å². The predicted molar refractivity (Wildman–Crippen MR) is 73.0 cm³/mol. The van der Waals surface area contributed by atoms with Gasteiger partial charge >= 0.3 is 0 Å². The normalized spacial score (nSPS) is 45.9. The van der Waals surface area contributed by atoms with Crippen LogP contribution in [0.5, 0.6) is 0 Å². The van der Waals surface area contributed by atoms with Crippen molar-refractivity contribution in [2.24, 2.45) is 22.2 Å². The molecule has 3 saturated carbocycles. The van der Waals surface area contributed by atoms with Crippen molar-refractivity contribution in [2.45, 2.75) is 72.3 Å². The Kier molecular flexibility index (Phi) is 2.47. The first-order valence-electron chi connectivity index (χ1n) is 7.59. The van der Waals surface area contributed by atoms with Crippen LogP contribution in [0.25, 0.3) is 0 Å². The van der Waals surface area contributed by atoms with Gasteiger partial charge in [-0.1, -0.05) is 34.1 Å². The van der Waals surface area contributed by atoms with E-state index in [4.69, 9.17) is 0 Å². The molecule has 3 rings (SSSR count). The van der Waals surface area contributed by atoms with Crippen LogP contribution in [0.15, 0.2) is 0 Å². The Labute approximate surface area is 107 Å². The van der Waals surface area contributed by atoms with Crippen molar-refractivity contribution in [2.75, 3.05) is 6.54 Å². The molecule has 0 amide bonds. The smallest absolute Gasteiger partial charge is 0.0175 e. The third kappa shape index (κ3) is 1.69. The summed E-state index contributed by atoms with van der Waals surface area (Å²) in [5.74, 6) is 0.971. The topological polar surface area (TPSA) is 12.0 Å². The van der Waals surface area contributed by atoms with E-state index in [2.05, 4.69) is 33.0 Å². The zero-order valence-electron chi connectivity index (χ0n) is 12.1. The first-order valence-corrected chi connectivity index (χ1v) is 7.59. The maximum absolute atomic E-state index is 3.99. The molecule has 2 bridgehead atoms. The van der Waals surface area contributed by atoms with E-state index in [1.165, 1.54) is 45.1 Å². The Morgan fingerprint density at radius 3 is 2.24 bits per heavy atom. The molecule has 17 heavy (non-hydrogen) atoms. The molecule has 98 valence electrons. The highest BCUT2D eigenvalue weighted by Gasteiger charge is 2.59. The monoisotopic (exact) mass is 235 g/mol. The number of hydrogen-bond acceptors (Lipinski definition) is 1. The van der Waals surface area contributed by atoms with Crippen molar-refractivity contribution < 1.29 is 0 Å². The third-order valence-corrected chi connectivity index (χ3v) is 6.56. The van der Waals surface area contributed by atoms with Crippen molar-refractivity contribution in [3.63, 3.8) is 0 Å². The first kappa shape index (κ1) is 12.0. The van der Waals surface area contributed by atoms with E-state index in [1.54, 1.807) is 0 Å². The Morgan fingerprint density at radius 2 is 1.76 bits per heavy atom. The Morgan fingerprint density at radius 1 is 1.06 bits per heavy atom. The van der Waals surface area contributed by atoms with Gasteiger partial charge in [0.05, 0.1) is 0 Å².